The van der Waals surface area contributed by atoms with Crippen LogP contribution in [0.25, 0.3) is 21.9 Å². The van der Waals surface area contributed by atoms with Crippen molar-refractivity contribution in [2.24, 2.45) is 0 Å². The molecule has 20 heavy (non-hydrogen) atoms. The van der Waals surface area contributed by atoms with E-state index in [2.05, 4.69) is 6.58 Å². The molecule has 0 aliphatic heterocycles. The van der Waals surface area contributed by atoms with Crippen molar-refractivity contribution in [2.45, 2.75) is 13.5 Å². The van der Waals surface area contributed by atoms with Gasteiger partial charge in [0.05, 0.1) is 0 Å². The van der Waals surface area contributed by atoms with Gasteiger partial charge in [0.2, 0.25) is 0 Å². The second-order valence-electron chi connectivity index (χ2n) is 4.74. The fraction of sp³-hybridized carbons (Fsp3) is 0.118. The van der Waals surface area contributed by atoms with Gasteiger partial charge < -0.3 is 9.15 Å². The van der Waals surface area contributed by atoms with Crippen LogP contribution in [0, 0.1) is 0 Å². The Bertz CT molecular complexity index is 811. The molecule has 3 nitrogen and oxygen atoms in total. The quantitative estimate of drug-likeness (QED) is 0.526. The molecular formula is C17H14O3. The third kappa shape index (κ3) is 2.07. The number of ether oxygens (including phenoxy) is 1. The Balaban J connectivity index is 2.06. The third-order valence-corrected chi connectivity index (χ3v) is 3.20. The van der Waals surface area contributed by atoms with E-state index in [-0.39, 0.29) is 12.6 Å². The van der Waals surface area contributed by atoms with Crippen molar-refractivity contribution in [3.05, 3.63) is 60.2 Å². The number of furan rings is 1. The molecule has 0 saturated heterocycles. The van der Waals surface area contributed by atoms with Crippen LogP contribution in [0.4, 0.5) is 0 Å². The SMILES string of the molecule is C=C(C)C(=O)OCc1cccc2oc3ccccc3c12. The van der Waals surface area contributed by atoms with Crippen molar-refractivity contribution < 1.29 is 13.9 Å². The fourth-order valence-electron chi connectivity index (χ4n) is 2.23. The molecule has 0 N–H and O–H groups in total. The zero-order valence-electron chi connectivity index (χ0n) is 11.2. The minimum atomic E-state index is -0.380. The molecule has 0 bridgehead atoms. The summed E-state index contributed by atoms with van der Waals surface area (Å²) >= 11 is 0. The van der Waals surface area contributed by atoms with Gasteiger partial charge >= 0.3 is 5.97 Å². The van der Waals surface area contributed by atoms with Crippen LogP contribution in [-0.2, 0) is 16.1 Å². The molecule has 0 amide bonds. The summed E-state index contributed by atoms with van der Waals surface area (Å²) in [4.78, 5) is 11.5. The highest BCUT2D eigenvalue weighted by molar-refractivity contribution is 6.06. The van der Waals surface area contributed by atoms with Gasteiger partial charge in [-0.3, -0.25) is 0 Å². The average Bonchev–Trinajstić information content (AvgIpc) is 2.83. The Morgan fingerprint density at radius 2 is 1.90 bits per heavy atom. The van der Waals surface area contributed by atoms with Gasteiger partial charge in [0.1, 0.15) is 17.8 Å². The highest BCUT2D eigenvalue weighted by atomic mass is 16.5. The summed E-state index contributed by atoms with van der Waals surface area (Å²) in [7, 11) is 0. The Morgan fingerprint density at radius 3 is 2.70 bits per heavy atom. The summed E-state index contributed by atoms with van der Waals surface area (Å²) in [6.45, 7) is 5.43. The molecule has 0 unspecified atom stereocenters. The molecule has 0 atom stereocenters. The van der Waals surface area contributed by atoms with Gasteiger partial charge in [-0.05, 0) is 19.1 Å². The van der Waals surface area contributed by atoms with Crippen LogP contribution in [0.15, 0.2) is 59.0 Å². The van der Waals surface area contributed by atoms with Gasteiger partial charge in [-0.25, -0.2) is 4.79 Å². The zero-order valence-corrected chi connectivity index (χ0v) is 11.2. The molecular weight excluding hydrogens is 252 g/mol. The number of rotatable bonds is 3. The average molecular weight is 266 g/mol. The van der Waals surface area contributed by atoms with E-state index in [0.29, 0.717) is 5.57 Å². The lowest BCUT2D eigenvalue weighted by Gasteiger charge is -2.05. The molecule has 0 saturated carbocycles. The van der Waals surface area contributed by atoms with Crippen LogP contribution in [0.3, 0.4) is 0 Å². The summed E-state index contributed by atoms with van der Waals surface area (Å²) in [6, 6.07) is 13.6. The molecule has 3 rings (SSSR count). The summed E-state index contributed by atoms with van der Waals surface area (Å²) in [5.41, 5.74) is 2.97. The number of hydrogen-bond acceptors (Lipinski definition) is 3. The van der Waals surface area contributed by atoms with Crippen LogP contribution in [0.1, 0.15) is 12.5 Å². The lowest BCUT2D eigenvalue weighted by molar-refractivity contribution is -0.140. The molecule has 1 aromatic heterocycles. The van der Waals surface area contributed by atoms with Crippen LogP contribution < -0.4 is 0 Å². The van der Waals surface area contributed by atoms with Gasteiger partial charge in [0, 0.05) is 21.9 Å². The molecule has 1 heterocycles. The molecule has 0 fully saturated rings. The standard InChI is InChI=1S/C17H14O3/c1-11(2)17(18)19-10-12-6-5-9-15-16(12)13-7-3-4-8-14(13)20-15/h3-9H,1,10H2,2H3. The topological polar surface area (TPSA) is 39.4 Å². The van der Waals surface area contributed by atoms with E-state index in [4.69, 9.17) is 9.15 Å². The predicted octanol–water partition coefficient (Wildman–Crippen LogP) is 4.21. The van der Waals surface area contributed by atoms with E-state index in [1.54, 1.807) is 6.92 Å². The summed E-state index contributed by atoms with van der Waals surface area (Å²) in [5.74, 6) is -0.380. The zero-order chi connectivity index (χ0) is 14.1. The first-order chi connectivity index (χ1) is 9.66. The largest absolute Gasteiger partial charge is 0.457 e. The molecule has 0 radical (unpaired) electrons. The molecule has 0 aliphatic carbocycles. The predicted molar refractivity (Wildman–Crippen MR) is 78.3 cm³/mol. The van der Waals surface area contributed by atoms with E-state index in [0.717, 1.165) is 27.5 Å². The van der Waals surface area contributed by atoms with Crippen molar-refractivity contribution in [1.82, 2.24) is 0 Å². The van der Waals surface area contributed by atoms with E-state index in [1.807, 2.05) is 42.5 Å². The maximum atomic E-state index is 11.5. The second-order valence-corrected chi connectivity index (χ2v) is 4.74. The summed E-state index contributed by atoms with van der Waals surface area (Å²) in [5, 5.41) is 2.03. The van der Waals surface area contributed by atoms with E-state index in [1.165, 1.54) is 0 Å². The fourth-order valence-corrected chi connectivity index (χ4v) is 2.23. The Hall–Kier alpha value is -2.55. The van der Waals surface area contributed by atoms with Crippen molar-refractivity contribution in [3.63, 3.8) is 0 Å². The Kier molecular flexibility index (Phi) is 3.03. The summed E-state index contributed by atoms with van der Waals surface area (Å²) in [6.07, 6.45) is 0. The maximum absolute atomic E-state index is 11.5. The van der Waals surface area contributed by atoms with Gasteiger partial charge in [0.25, 0.3) is 0 Å². The highest BCUT2D eigenvalue weighted by Crippen LogP contribution is 2.31. The molecule has 100 valence electrons. The van der Waals surface area contributed by atoms with Crippen molar-refractivity contribution in [2.75, 3.05) is 0 Å². The van der Waals surface area contributed by atoms with Gasteiger partial charge in [-0.2, -0.15) is 0 Å². The minimum Gasteiger partial charge on any atom is -0.457 e. The third-order valence-electron chi connectivity index (χ3n) is 3.20. The molecule has 2 aromatic carbocycles. The number of esters is 1. The number of para-hydroxylation sites is 1. The smallest absolute Gasteiger partial charge is 0.333 e. The van der Waals surface area contributed by atoms with Crippen LogP contribution in [-0.4, -0.2) is 5.97 Å². The number of carbonyl (C=O) groups is 1. The van der Waals surface area contributed by atoms with Crippen molar-refractivity contribution >= 4 is 27.9 Å². The van der Waals surface area contributed by atoms with Gasteiger partial charge in [0.15, 0.2) is 0 Å². The van der Waals surface area contributed by atoms with Crippen molar-refractivity contribution in [3.8, 4) is 0 Å². The lowest BCUT2D eigenvalue weighted by Crippen LogP contribution is -2.04. The van der Waals surface area contributed by atoms with Crippen molar-refractivity contribution in [1.29, 1.82) is 0 Å². The Labute approximate surface area is 116 Å². The first-order valence-electron chi connectivity index (χ1n) is 6.38. The normalized spacial score (nSPS) is 10.8. The first-order valence-corrected chi connectivity index (χ1v) is 6.38. The van der Waals surface area contributed by atoms with Gasteiger partial charge in [-0.15, -0.1) is 0 Å². The van der Waals surface area contributed by atoms with E-state index in [9.17, 15) is 4.79 Å². The lowest BCUT2D eigenvalue weighted by atomic mass is 10.1. The van der Waals surface area contributed by atoms with E-state index >= 15 is 0 Å². The number of hydrogen-bond donors (Lipinski definition) is 0. The molecule has 3 aromatic rings. The van der Waals surface area contributed by atoms with Crippen LogP contribution in [0.5, 0.6) is 0 Å². The van der Waals surface area contributed by atoms with Crippen LogP contribution in [0.2, 0.25) is 0 Å². The first kappa shape index (κ1) is 12.5. The maximum Gasteiger partial charge on any atom is 0.333 e. The highest BCUT2D eigenvalue weighted by Gasteiger charge is 2.12. The summed E-state index contributed by atoms with van der Waals surface area (Å²) < 4.78 is 11.0. The van der Waals surface area contributed by atoms with Gasteiger partial charge in [-0.1, -0.05) is 36.9 Å². The number of carbonyl (C=O) groups excluding carboxylic acids is 1. The molecule has 0 spiro atoms. The Morgan fingerprint density at radius 1 is 1.15 bits per heavy atom. The monoisotopic (exact) mass is 266 g/mol. The molecule has 0 aliphatic rings. The van der Waals surface area contributed by atoms with E-state index < -0.39 is 0 Å². The van der Waals surface area contributed by atoms with Crippen LogP contribution >= 0.6 is 0 Å². The minimum absolute atomic E-state index is 0.215. The second kappa shape index (κ2) is 4.85. The number of fused-ring (bicyclic) bond motifs is 3. The molecule has 3 heteroatoms. The number of benzene rings is 2.